The molecule has 3 nitrogen and oxygen atoms in total. The summed E-state index contributed by atoms with van der Waals surface area (Å²) in [6.07, 6.45) is 1.81. The normalized spacial score (nSPS) is 12.5. The summed E-state index contributed by atoms with van der Waals surface area (Å²) in [6, 6.07) is 18.2. The topological polar surface area (TPSA) is 50.9 Å². The Morgan fingerprint density at radius 1 is 1.00 bits per heavy atom. The van der Waals surface area contributed by atoms with Crippen LogP contribution in [0.5, 0.6) is 0 Å². The van der Waals surface area contributed by atoms with Gasteiger partial charge in [0.1, 0.15) is 0 Å². The van der Waals surface area contributed by atoms with Crippen molar-refractivity contribution in [2.75, 3.05) is 0 Å². The van der Waals surface area contributed by atoms with E-state index in [-0.39, 0.29) is 6.04 Å². The van der Waals surface area contributed by atoms with Gasteiger partial charge in [-0.3, -0.25) is 10.8 Å². The number of benzene rings is 2. The molecule has 0 amide bonds. The number of para-hydroxylation sites is 1. The number of nitrogens with one attached hydrogen (secondary N) is 1. The third kappa shape index (κ3) is 2.45. The van der Waals surface area contributed by atoms with Gasteiger partial charge in [-0.2, -0.15) is 0 Å². The summed E-state index contributed by atoms with van der Waals surface area (Å²) < 4.78 is 1.05. The molecule has 0 saturated heterocycles. The molecule has 0 aliphatic carbocycles. The largest absolute Gasteiger partial charge is 0.271 e. The molecule has 1 atom stereocenters. The summed E-state index contributed by atoms with van der Waals surface area (Å²) in [6.45, 7) is 0. The molecular formula is C16H14BrN3. The predicted octanol–water partition coefficient (Wildman–Crippen LogP) is 3.55. The molecule has 1 unspecified atom stereocenters. The van der Waals surface area contributed by atoms with Gasteiger partial charge >= 0.3 is 0 Å². The van der Waals surface area contributed by atoms with E-state index < -0.39 is 0 Å². The summed E-state index contributed by atoms with van der Waals surface area (Å²) in [7, 11) is 0. The fraction of sp³-hybridized carbons (Fsp3) is 0.0625. The van der Waals surface area contributed by atoms with E-state index >= 15 is 0 Å². The summed E-state index contributed by atoms with van der Waals surface area (Å²) >= 11 is 3.45. The highest BCUT2D eigenvalue weighted by Gasteiger charge is 2.15. The van der Waals surface area contributed by atoms with E-state index in [0.29, 0.717) is 0 Å². The van der Waals surface area contributed by atoms with Crippen LogP contribution < -0.4 is 11.3 Å². The summed E-state index contributed by atoms with van der Waals surface area (Å²) in [4.78, 5) is 4.49. The van der Waals surface area contributed by atoms with Gasteiger partial charge in [0.25, 0.3) is 0 Å². The van der Waals surface area contributed by atoms with Gasteiger partial charge in [-0.05, 0) is 23.8 Å². The van der Waals surface area contributed by atoms with Gasteiger partial charge in [0.15, 0.2) is 0 Å². The van der Waals surface area contributed by atoms with Gasteiger partial charge in [-0.1, -0.05) is 52.3 Å². The van der Waals surface area contributed by atoms with Crippen molar-refractivity contribution < 1.29 is 0 Å². The number of hydrogen-bond donors (Lipinski definition) is 2. The number of hydrogen-bond acceptors (Lipinski definition) is 3. The van der Waals surface area contributed by atoms with Crippen LogP contribution in [0.15, 0.2) is 65.3 Å². The Morgan fingerprint density at radius 2 is 1.75 bits per heavy atom. The van der Waals surface area contributed by atoms with E-state index in [1.165, 1.54) is 0 Å². The van der Waals surface area contributed by atoms with Gasteiger partial charge in [0.05, 0.1) is 11.6 Å². The molecule has 1 heterocycles. The average Bonchev–Trinajstić information content (AvgIpc) is 2.50. The predicted molar refractivity (Wildman–Crippen MR) is 85.1 cm³/mol. The first kappa shape index (κ1) is 13.2. The third-order valence-corrected chi connectivity index (χ3v) is 3.87. The van der Waals surface area contributed by atoms with Gasteiger partial charge in [-0.15, -0.1) is 0 Å². The zero-order valence-corrected chi connectivity index (χ0v) is 12.3. The van der Waals surface area contributed by atoms with E-state index in [2.05, 4.69) is 56.7 Å². The lowest BCUT2D eigenvalue weighted by atomic mass is 9.97. The zero-order valence-electron chi connectivity index (χ0n) is 10.8. The molecule has 100 valence electrons. The molecule has 4 heteroatoms. The highest BCUT2D eigenvalue weighted by Crippen LogP contribution is 2.27. The second kappa shape index (κ2) is 5.71. The highest BCUT2D eigenvalue weighted by molar-refractivity contribution is 9.10. The van der Waals surface area contributed by atoms with Crippen LogP contribution >= 0.6 is 15.9 Å². The second-order valence-corrected chi connectivity index (χ2v) is 5.49. The minimum atomic E-state index is -0.0818. The van der Waals surface area contributed by atoms with Crippen molar-refractivity contribution in [1.29, 1.82) is 0 Å². The molecule has 0 aliphatic rings. The van der Waals surface area contributed by atoms with Crippen LogP contribution in [0.25, 0.3) is 10.9 Å². The molecule has 0 saturated carbocycles. The van der Waals surface area contributed by atoms with E-state index in [4.69, 9.17) is 5.84 Å². The van der Waals surface area contributed by atoms with Crippen LogP contribution in [0.4, 0.5) is 0 Å². The van der Waals surface area contributed by atoms with E-state index in [0.717, 1.165) is 26.5 Å². The Balaban J connectivity index is 2.14. The molecule has 0 radical (unpaired) electrons. The Labute approximate surface area is 125 Å². The molecule has 0 fully saturated rings. The Morgan fingerprint density at radius 3 is 2.50 bits per heavy atom. The standard InChI is InChI=1S/C16H14BrN3/c17-13-8-6-12(7-9-13)16(20-18)14-5-1-3-11-4-2-10-19-15(11)14/h1-10,16,20H,18H2. The summed E-state index contributed by atoms with van der Waals surface area (Å²) in [5.74, 6) is 5.78. The molecule has 3 rings (SSSR count). The summed E-state index contributed by atoms with van der Waals surface area (Å²) in [5.41, 5.74) is 6.05. The maximum atomic E-state index is 5.78. The van der Waals surface area contributed by atoms with E-state index in [1.807, 2.05) is 24.3 Å². The molecule has 0 spiro atoms. The quantitative estimate of drug-likeness (QED) is 0.571. The second-order valence-electron chi connectivity index (χ2n) is 4.57. The van der Waals surface area contributed by atoms with Crippen molar-refractivity contribution in [3.8, 4) is 0 Å². The number of hydrazine groups is 1. The monoisotopic (exact) mass is 327 g/mol. The smallest absolute Gasteiger partial charge is 0.0753 e. The van der Waals surface area contributed by atoms with Gasteiger partial charge in [-0.25, -0.2) is 5.43 Å². The van der Waals surface area contributed by atoms with Crippen molar-refractivity contribution in [1.82, 2.24) is 10.4 Å². The third-order valence-electron chi connectivity index (χ3n) is 3.34. The average molecular weight is 328 g/mol. The van der Waals surface area contributed by atoms with Crippen molar-refractivity contribution in [3.63, 3.8) is 0 Å². The number of fused-ring (bicyclic) bond motifs is 1. The molecule has 0 aliphatic heterocycles. The van der Waals surface area contributed by atoms with Crippen molar-refractivity contribution in [2.24, 2.45) is 5.84 Å². The summed E-state index contributed by atoms with van der Waals surface area (Å²) in [5, 5.41) is 1.11. The highest BCUT2D eigenvalue weighted by atomic mass is 79.9. The van der Waals surface area contributed by atoms with Crippen LogP contribution in [-0.4, -0.2) is 4.98 Å². The van der Waals surface area contributed by atoms with Gasteiger partial charge in [0.2, 0.25) is 0 Å². The van der Waals surface area contributed by atoms with Crippen molar-refractivity contribution in [2.45, 2.75) is 6.04 Å². The maximum absolute atomic E-state index is 5.78. The molecule has 2 aromatic carbocycles. The number of rotatable bonds is 3. The van der Waals surface area contributed by atoms with Crippen molar-refractivity contribution >= 4 is 26.8 Å². The number of nitrogens with two attached hydrogens (primary N) is 1. The fourth-order valence-corrected chi connectivity index (χ4v) is 2.65. The fourth-order valence-electron chi connectivity index (χ4n) is 2.38. The first-order valence-corrected chi connectivity index (χ1v) is 7.14. The van der Waals surface area contributed by atoms with Crippen molar-refractivity contribution in [3.05, 3.63) is 76.4 Å². The minimum Gasteiger partial charge on any atom is -0.271 e. The zero-order chi connectivity index (χ0) is 13.9. The number of pyridine rings is 1. The Kier molecular flexibility index (Phi) is 3.78. The van der Waals surface area contributed by atoms with Gasteiger partial charge in [0, 0.05) is 21.6 Å². The molecule has 20 heavy (non-hydrogen) atoms. The van der Waals surface area contributed by atoms with E-state index in [1.54, 1.807) is 6.20 Å². The first-order valence-electron chi connectivity index (χ1n) is 6.35. The van der Waals surface area contributed by atoms with Crippen LogP contribution in [0.3, 0.4) is 0 Å². The maximum Gasteiger partial charge on any atom is 0.0753 e. The number of aromatic nitrogens is 1. The molecule has 3 aromatic rings. The lowest BCUT2D eigenvalue weighted by Gasteiger charge is -2.18. The van der Waals surface area contributed by atoms with Crippen LogP contribution in [0.2, 0.25) is 0 Å². The minimum absolute atomic E-state index is 0.0818. The lowest BCUT2D eigenvalue weighted by molar-refractivity contribution is 0.640. The number of nitrogens with zero attached hydrogens (tertiary/aromatic N) is 1. The lowest BCUT2D eigenvalue weighted by Crippen LogP contribution is -2.29. The Bertz CT molecular complexity index is 720. The van der Waals surface area contributed by atoms with Crippen LogP contribution in [0.1, 0.15) is 17.2 Å². The van der Waals surface area contributed by atoms with Crippen LogP contribution in [-0.2, 0) is 0 Å². The molecule has 1 aromatic heterocycles. The molecular weight excluding hydrogens is 314 g/mol. The van der Waals surface area contributed by atoms with E-state index in [9.17, 15) is 0 Å². The molecule has 0 bridgehead atoms. The van der Waals surface area contributed by atoms with Gasteiger partial charge < -0.3 is 0 Å². The van der Waals surface area contributed by atoms with Crippen LogP contribution in [0, 0.1) is 0 Å². The molecule has 3 N–H and O–H groups in total. The SMILES string of the molecule is NNC(c1ccc(Br)cc1)c1cccc2cccnc12. The Hall–Kier alpha value is -1.75. The first-order chi connectivity index (χ1) is 9.79. The number of halogens is 1.